The van der Waals surface area contributed by atoms with Gasteiger partial charge >= 0.3 is 0 Å². The lowest BCUT2D eigenvalue weighted by Gasteiger charge is -2.09. The zero-order valence-electron chi connectivity index (χ0n) is 12.8. The Balaban J connectivity index is 1.72. The molecule has 0 saturated carbocycles. The first-order valence-electron chi connectivity index (χ1n) is 7.42. The Bertz CT molecular complexity index is 609. The Labute approximate surface area is 131 Å². The van der Waals surface area contributed by atoms with Crippen molar-refractivity contribution in [3.05, 3.63) is 59.7 Å². The van der Waals surface area contributed by atoms with Crippen LogP contribution < -0.4 is 15.8 Å². The van der Waals surface area contributed by atoms with E-state index in [0.717, 1.165) is 35.4 Å². The van der Waals surface area contributed by atoms with Crippen molar-refractivity contribution in [1.82, 2.24) is 5.32 Å². The summed E-state index contributed by atoms with van der Waals surface area (Å²) in [4.78, 5) is 11.9. The number of nitrogens with one attached hydrogen (secondary N) is 1. The number of carbonyl (C=O) groups excluding carboxylic acids is 1. The smallest absolute Gasteiger partial charge is 0.220 e. The summed E-state index contributed by atoms with van der Waals surface area (Å²) in [6, 6.07) is 15.5. The van der Waals surface area contributed by atoms with Crippen molar-refractivity contribution >= 4 is 11.6 Å². The lowest BCUT2D eigenvalue weighted by Crippen LogP contribution is -2.26. The number of para-hydroxylation sites is 1. The van der Waals surface area contributed by atoms with Crippen LogP contribution in [0.2, 0.25) is 0 Å². The topological polar surface area (TPSA) is 64.3 Å². The maximum absolute atomic E-state index is 11.9. The molecule has 0 fully saturated rings. The van der Waals surface area contributed by atoms with E-state index in [2.05, 4.69) is 5.32 Å². The molecule has 0 aliphatic rings. The van der Waals surface area contributed by atoms with E-state index in [1.807, 2.05) is 48.5 Å². The second kappa shape index (κ2) is 8.08. The maximum Gasteiger partial charge on any atom is 0.220 e. The summed E-state index contributed by atoms with van der Waals surface area (Å²) in [5.41, 5.74) is 8.60. The van der Waals surface area contributed by atoms with Gasteiger partial charge in [-0.25, -0.2) is 0 Å². The average Bonchev–Trinajstić information content (AvgIpc) is 2.55. The van der Waals surface area contributed by atoms with Crippen molar-refractivity contribution in [1.29, 1.82) is 0 Å². The fourth-order valence-corrected chi connectivity index (χ4v) is 2.28. The highest BCUT2D eigenvalue weighted by Gasteiger charge is 2.04. The molecule has 22 heavy (non-hydrogen) atoms. The molecule has 4 heteroatoms. The van der Waals surface area contributed by atoms with Crippen LogP contribution in [0.5, 0.6) is 5.75 Å². The van der Waals surface area contributed by atoms with Gasteiger partial charge in [0.05, 0.1) is 7.11 Å². The van der Waals surface area contributed by atoms with E-state index >= 15 is 0 Å². The first-order chi connectivity index (χ1) is 10.7. The van der Waals surface area contributed by atoms with E-state index in [0.29, 0.717) is 13.0 Å². The molecule has 2 aromatic carbocycles. The fraction of sp³-hybridized carbons (Fsp3) is 0.278. The second-order valence-electron chi connectivity index (χ2n) is 5.15. The molecule has 3 N–H and O–H groups in total. The molecule has 0 saturated heterocycles. The number of carbonyl (C=O) groups is 1. The van der Waals surface area contributed by atoms with E-state index in [9.17, 15) is 4.79 Å². The lowest BCUT2D eigenvalue weighted by atomic mass is 10.1. The molecule has 0 aromatic heterocycles. The molecule has 4 nitrogen and oxygen atoms in total. The standard InChI is InChI=1S/C18H22N2O2/c1-22-17-5-3-2-4-15(17)12-13-20-18(21)11-8-14-6-9-16(19)10-7-14/h2-7,9-10H,8,11-13,19H2,1H3,(H,20,21). The summed E-state index contributed by atoms with van der Waals surface area (Å²) in [6.07, 6.45) is 1.97. The first kappa shape index (κ1) is 15.9. The SMILES string of the molecule is COc1ccccc1CCNC(=O)CCc1ccc(N)cc1. The maximum atomic E-state index is 11.9. The number of anilines is 1. The summed E-state index contributed by atoms with van der Waals surface area (Å²) in [5, 5.41) is 2.94. The van der Waals surface area contributed by atoms with Crippen molar-refractivity contribution in [2.75, 3.05) is 19.4 Å². The predicted molar refractivity (Wildman–Crippen MR) is 88.9 cm³/mol. The molecular formula is C18H22N2O2. The molecule has 0 aliphatic carbocycles. The third kappa shape index (κ3) is 4.81. The molecule has 0 bridgehead atoms. The Morgan fingerprint density at radius 2 is 1.82 bits per heavy atom. The number of ether oxygens (including phenoxy) is 1. The van der Waals surface area contributed by atoms with Crippen LogP contribution in [0.3, 0.4) is 0 Å². The van der Waals surface area contributed by atoms with Crippen molar-refractivity contribution in [2.24, 2.45) is 0 Å². The van der Waals surface area contributed by atoms with Crippen molar-refractivity contribution in [2.45, 2.75) is 19.3 Å². The highest BCUT2D eigenvalue weighted by Crippen LogP contribution is 2.17. The van der Waals surface area contributed by atoms with Crippen LogP contribution in [0.1, 0.15) is 17.5 Å². The van der Waals surface area contributed by atoms with Crippen molar-refractivity contribution < 1.29 is 9.53 Å². The largest absolute Gasteiger partial charge is 0.496 e. The van der Waals surface area contributed by atoms with Gasteiger partial charge in [-0.05, 0) is 42.2 Å². The first-order valence-corrected chi connectivity index (χ1v) is 7.42. The molecule has 0 heterocycles. The van der Waals surface area contributed by atoms with Gasteiger partial charge in [0.1, 0.15) is 5.75 Å². The van der Waals surface area contributed by atoms with Crippen LogP contribution in [-0.4, -0.2) is 19.6 Å². The molecule has 0 spiro atoms. The zero-order chi connectivity index (χ0) is 15.8. The highest BCUT2D eigenvalue weighted by atomic mass is 16.5. The summed E-state index contributed by atoms with van der Waals surface area (Å²) in [7, 11) is 1.66. The van der Waals surface area contributed by atoms with Gasteiger partial charge in [-0.2, -0.15) is 0 Å². The van der Waals surface area contributed by atoms with Gasteiger partial charge in [-0.15, -0.1) is 0 Å². The quantitative estimate of drug-likeness (QED) is 0.772. The van der Waals surface area contributed by atoms with E-state index in [4.69, 9.17) is 10.5 Å². The van der Waals surface area contributed by atoms with Crippen LogP contribution in [-0.2, 0) is 17.6 Å². The number of nitrogen functional groups attached to an aromatic ring is 1. The number of methoxy groups -OCH3 is 1. The minimum absolute atomic E-state index is 0.0618. The van der Waals surface area contributed by atoms with Crippen LogP contribution in [0.25, 0.3) is 0 Å². The molecule has 0 aliphatic heterocycles. The zero-order valence-corrected chi connectivity index (χ0v) is 12.8. The van der Waals surface area contributed by atoms with Gasteiger partial charge in [-0.3, -0.25) is 4.79 Å². The number of benzene rings is 2. The Hall–Kier alpha value is -2.49. The Morgan fingerprint density at radius 3 is 2.55 bits per heavy atom. The molecule has 0 unspecified atom stereocenters. The number of hydrogen-bond donors (Lipinski definition) is 2. The minimum Gasteiger partial charge on any atom is -0.496 e. The Kier molecular flexibility index (Phi) is 5.83. The van der Waals surface area contributed by atoms with Crippen molar-refractivity contribution in [3.63, 3.8) is 0 Å². The van der Waals surface area contributed by atoms with Crippen LogP contribution in [0, 0.1) is 0 Å². The molecule has 0 atom stereocenters. The van der Waals surface area contributed by atoms with E-state index < -0.39 is 0 Å². The molecular weight excluding hydrogens is 276 g/mol. The lowest BCUT2D eigenvalue weighted by molar-refractivity contribution is -0.121. The third-order valence-electron chi connectivity index (χ3n) is 3.53. The average molecular weight is 298 g/mol. The van der Waals surface area contributed by atoms with Gasteiger partial charge in [0.25, 0.3) is 0 Å². The van der Waals surface area contributed by atoms with Gasteiger partial charge in [-0.1, -0.05) is 30.3 Å². The van der Waals surface area contributed by atoms with Crippen molar-refractivity contribution in [3.8, 4) is 5.75 Å². The number of rotatable bonds is 7. The number of aryl methyl sites for hydroxylation is 1. The summed E-state index contributed by atoms with van der Waals surface area (Å²) in [5.74, 6) is 0.922. The van der Waals surface area contributed by atoms with Gasteiger partial charge in [0.2, 0.25) is 5.91 Å². The van der Waals surface area contributed by atoms with E-state index in [-0.39, 0.29) is 5.91 Å². The molecule has 1 amide bonds. The third-order valence-corrected chi connectivity index (χ3v) is 3.53. The van der Waals surface area contributed by atoms with E-state index in [1.54, 1.807) is 7.11 Å². The predicted octanol–water partition coefficient (Wildman–Crippen LogP) is 2.57. The Morgan fingerprint density at radius 1 is 1.09 bits per heavy atom. The fourth-order valence-electron chi connectivity index (χ4n) is 2.28. The molecule has 2 rings (SSSR count). The number of nitrogens with two attached hydrogens (primary N) is 1. The van der Waals surface area contributed by atoms with Crippen LogP contribution in [0.4, 0.5) is 5.69 Å². The van der Waals surface area contributed by atoms with Crippen LogP contribution >= 0.6 is 0 Å². The molecule has 0 radical (unpaired) electrons. The van der Waals surface area contributed by atoms with Crippen LogP contribution in [0.15, 0.2) is 48.5 Å². The van der Waals surface area contributed by atoms with Gasteiger partial charge < -0.3 is 15.8 Å². The summed E-state index contributed by atoms with van der Waals surface area (Å²) < 4.78 is 5.29. The monoisotopic (exact) mass is 298 g/mol. The van der Waals surface area contributed by atoms with Gasteiger partial charge in [0.15, 0.2) is 0 Å². The molecule has 2 aromatic rings. The summed E-state index contributed by atoms with van der Waals surface area (Å²) >= 11 is 0. The minimum atomic E-state index is 0.0618. The number of hydrogen-bond acceptors (Lipinski definition) is 3. The summed E-state index contributed by atoms with van der Waals surface area (Å²) in [6.45, 7) is 0.612. The highest BCUT2D eigenvalue weighted by molar-refractivity contribution is 5.76. The number of amides is 1. The second-order valence-corrected chi connectivity index (χ2v) is 5.15. The normalized spacial score (nSPS) is 10.2. The van der Waals surface area contributed by atoms with Gasteiger partial charge in [0, 0.05) is 18.7 Å². The van der Waals surface area contributed by atoms with E-state index in [1.165, 1.54) is 0 Å². The molecule has 116 valence electrons.